The highest BCUT2D eigenvalue weighted by molar-refractivity contribution is 6.04. The van der Waals surface area contributed by atoms with Crippen molar-refractivity contribution in [3.8, 4) is 5.75 Å². The number of likely N-dealkylation sites (tertiary alicyclic amines) is 1. The van der Waals surface area contributed by atoms with E-state index in [1.54, 1.807) is 34.2 Å². The van der Waals surface area contributed by atoms with Crippen LogP contribution in [0.2, 0.25) is 0 Å². The number of nitrogens with one attached hydrogen (secondary N) is 1. The summed E-state index contributed by atoms with van der Waals surface area (Å²) in [6.45, 7) is 1.16. The molecule has 0 radical (unpaired) electrons. The van der Waals surface area contributed by atoms with Gasteiger partial charge in [0.05, 0.1) is 23.1 Å². The van der Waals surface area contributed by atoms with Gasteiger partial charge in [-0.25, -0.2) is 0 Å². The van der Waals surface area contributed by atoms with Crippen molar-refractivity contribution in [3.05, 3.63) is 41.7 Å². The molecule has 0 bridgehead atoms. The first-order valence-electron chi connectivity index (χ1n) is 8.59. The second-order valence-electron chi connectivity index (χ2n) is 6.50. The molecule has 0 spiro atoms. The molecule has 1 fully saturated rings. The van der Waals surface area contributed by atoms with Crippen molar-refractivity contribution < 1.29 is 14.7 Å². The second kappa shape index (κ2) is 6.23. The molecule has 2 N–H and O–H groups in total. The number of benzene rings is 1. The van der Waals surface area contributed by atoms with Crippen LogP contribution in [0.15, 0.2) is 30.5 Å². The number of hydrogen-bond donors (Lipinski definition) is 2. The number of rotatable bonds is 2. The van der Waals surface area contributed by atoms with Crippen LogP contribution in [0.3, 0.4) is 0 Å². The highest BCUT2D eigenvalue weighted by atomic mass is 16.3. The summed E-state index contributed by atoms with van der Waals surface area (Å²) in [5, 5.41) is 16.9. The lowest BCUT2D eigenvalue weighted by Crippen LogP contribution is -2.49. The number of aryl methyl sites for hydroxylation is 1. The predicted octanol–water partition coefficient (Wildman–Crippen LogP) is 1.70. The van der Waals surface area contributed by atoms with Crippen LogP contribution in [0.5, 0.6) is 5.75 Å². The third-order valence-electron chi connectivity index (χ3n) is 4.99. The summed E-state index contributed by atoms with van der Waals surface area (Å²) in [4.78, 5) is 29.3. The van der Waals surface area contributed by atoms with Gasteiger partial charge in [0, 0.05) is 13.1 Å². The van der Waals surface area contributed by atoms with Crippen LogP contribution in [0.1, 0.15) is 35.3 Å². The minimum atomic E-state index is -0.493. The molecule has 4 rings (SSSR count). The van der Waals surface area contributed by atoms with E-state index in [9.17, 15) is 14.7 Å². The van der Waals surface area contributed by atoms with Crippen molar-refractivity contribution in [1.82, 2.24) is 15.1 Å². The Kier molecular flexibility index (Phi) is 3.91. The average Bonchev–Trinajstić information content (AvgIpc) is 3.29. The van der Waals surface area contributed by atoms with Crippen molar-refractivity contribution in [2.45, 2.75) is 31.7 Å². The maximum Gasteiger partial charge on any atom is 0.258 e. The van der Waals surface area contributed by atoms with Crippen molar-refractivity contribution in [2.75, 3.05) is 18.0 Å². The van der Waals surface area contributed by atoms with Crippen LogP contribution >= 0.6 is 0 Å². The van der Waals surface area contributed by atoms with Gasteiger partial charge in [-0.3, -0.25) is 14.7 Å². The zero-order valence-corrected chi connectivity index (χ0v) is 13.8. The SMILES string of the molecule is O=C([C@H]1CCCN1C(=O)c1ccccc1O)N1CCCc2[nH]ncc21. The van der Waals surface area contributed by atoms with Gasteiger partial charge in [0.2, 0.25) is 5.91 Å². The number of aromatic hydroxyl groups is 1. The Morgan fingerprint density at radius 2 is 2.04 bits per heavy atom. The van der Waals surface area contributed by atoms with Gasteiger partial charge in [-0.05, 0) is 37.8 Å². The van der Waals surface area contributed by atoms with E-state index in [1.807, 2.05) is 0 Å². The van der Waals surface area contributed by atoms with E-state index in [0.717, 1.165) is 30.6 Å². The van der Waals surface area contributed by atoms with Gasteiger partial charge < -0.3 is 14.9 Å². The Labute approximate surface area is 145 Å². The lowest BCUT2D eigenvalue weighted by Gasteiger charge is -2.32. The molecule has 2 aliphatic heterocycles. The first-order chi connectivity index (χ1) is 12.2. The predicted molar refractivity (Wildman–Crippen MR) is 91.4 cm³/mol. The second-order valence-corrected chi connectivity index (χ2v) is 6.50. The molecule has 1 aromatic heterocycles. The fourth-order valence-corrected chi connectivity index (χ4v) is 3.74. The molecule has 0 saturated carbocycles. The fourth-order valence-electron chi connectivity index (χ4n) is 3.74. The van der Waals surface area contributed by atoms with Crippen LogP contribution in [0.4, 0.5) is 5.69 Å². The van der Waals surface area contributed by atoms with Crippen molar-refractivity contribution in [3.63, 3.8) is 0 Å². The van der Waals surface area contributed by atoms with Gasteiger partial charge in [-0.1, -0.05) is 12.1 Å². The number of carbonyl (C=O) groups is 2. The molecular formula is C18H20N4O3. The summed E-state index contributed by atoms with van der Waals surface area (Å²) in [6.07, 6.45) is 4.85. The first kappa shape index (κ1) is 15.7. The summed E-state index contributed by atoms with van der Waals surface area (Å²) in [5.74, 6) is -0.414. The molecule has 0 aliphatic carbocycles. The minimum absolute atomic E-state index is 0.0549. The van der Waals surface area contributed by atoms with Crippen LogP contribution in [0, 0.1) is 0 Å². The standard InChI is InChI=1S/C18H20N4O3/c23-16-8-2-1-5-12(16)17(24)21-10-4-7-14(21)18(25)22-9-3-6-13-15(22)11-19-20-13/h1-2,5,8,11,14,23H,3-4,6-7,9-10H2,(H,19,20)/t14-/m1/s1. The Balaban J connectivity index is 1.59. The highest BCUT2D eigenvalue weighted by Crippen LogP contribution is 2.30. The Bertz CT molecular complexity index is 816. The smallest absolute Gasteiger partial charge is 0.258 e. The Morgan fingerprint density at radius 1 is 1.20 bits per heavy atom. The van der Waals surface area contributed by atoms with Gasteiger partial charge in [0.1, 0.15) is 11.8 Å². The Morgan fingerprint density at radius 3 is 2.88 bits per heavy atom. The summed E-state index contributed by atoms with van der Waals surface area (Å²) >= 11 is 0. The number of aromatic nitrogens is 2. The summed E-state index contributed by atoms with van der Waals surface area (Å²) in [6, 6.07) is 5.97. The van der Waals surface area contributed by atoms with E-state index in [0.29, 0.717) is 19.5 Å². The molecule has 2 aliphatic rings. The molecule has 0 unspecified atom stereocenters. The zero-order chi connectivity index (χ0) is 17.4. The Hall–Kier alpha value is -2.83. The number of hydrogen-bond acceptors (Lipinski definition) is 4. The van der Waals surface area contributed by atoms with Crippen LogP contribution in [-0.2, 0) is 11.2 Å². The third kappa shape index (κ3) is 2.65. The number of carbonyl (C=O) groups excluding carboxylic acids is 2. The van der Waals surface area contributed by atoms with E-state index < -0.39 is 6.04 Å². The van der Waals surface area contributed by atoms with E-state index in [4.69, 9.17) is 0 Å². The topological polar surface area (TPSA) is 89.5 Å². The quantitative estimate of drug-likeness (QED) is 0.871. The molecule has 7 heteroatoms. The lowest BCUT2D eigenvalue weighted by molar-refractivity contribution is -0.122. The van der Waals surface area contributed by atoms with E-state index in [2.05, 4.69) is 10.2 Å². The number of aromatic amines is 1. The van der Waals surface area contributed by atoms with Gasteiger partial charge in [-0.15, -0.1) is 0 Å². The van der Waals surface area contributed by atoms with Crippen molar-refractivity contribution in [1.29, 1.82) is 0 Å². The molecule has 1 saturated heterocycles. The number of amides is 2. The lowest BCUT2D eigenvalue weighted by atomic mass is 10.1. The normalized spacial score (nSPS) is 19.8. The van der Waals surface area contributed by atoms with E-state index >= 15 is 0 Å². The number of phenols is 1. The molecule has 130 valence electrons. The molecule has 2 aromatic rings. The molecular weight excluding hydrogens is 320 g/mol. The zero-order valence-electron chi connectivity index (χ0n) is 13.8. The van der Waals surface area contributed by atoms with Crippen LogP contribution < -0.4 is 4.90 Å². The van der Waals surface area contributed by atoms with Crippen LogP contribution in [0.25, 0.3) is 0 Å². The number of H-pyrrole nitrogens is 1. The number of anilines is 1. The van der Waals surface area contributed by atoms with Gasteiger partial charge in [0.15, 0.2) is 0 Å². The first-order valence-corrected chi connectivity index (χ1v) is 8.59. The fraction of sp³-hybridized carbons (Fsp3) is 0.389. The maximum atomic E-state index is 13.1. The molecule has 25 heavy (non-hydrogen) atoms. The number of phenolic OH excluding ortho intramolecular Hbond substituents is 1. The van der Waals surface area contributed by atoms with Gasteiger partial charge in [-0.2, -0.15) is 5.10 Å². The van der Waals surface area contributed by atoms with Gasteiger partial charge in [0.25, 0.3) is 5.91 Å². The molecule has 7 nitrogen and oxygen atoms in total. The monoisotopic (exact) mass is 340 g/mol. The third-order valence-corrected chi connectivity index (χ3v) is 4.99. The summed E-state index contributed by atoms with van der Waals surface area (Å²) in [5.41, 5.74) is 2.03. The number of para-hydroxylation sites is 1. The molecule has 1 atom stereocenters. The summed E-state index contributed by atoms with van der Waals surface area (Å²) < 4.78 is 0. The minimum Gasteiger partial charge on any atom is -0.507 e. The highest BCUT2D eigenvalue weighted by Gasteiger charge is 2.39. The van der Waals surface area contributed by atoms with Crippen molar-refractivity contribution in [2.24, 2.45) is 0 Å². The van der Waals surface area contributed by atoms with Crippen molar-refractivity contribution >= 4 is 17.5 Å². The molecule has 2 amide bonds. The molecule has 1 aromatic carbocycles. The van der Waals surface area contributed by atoms with E-state index in [-0.39, 0.29) is 23.1 Å². The van der Waals surface area contributed by atoms with Crippen LogP contribution in [-0.4, -0.2) is 51.1 Å². The number of fused-ring (bicyclic) bond motifs is 1. The maximum absolute atomic E-state index is 13.1. The molecule has 3 heterocycles. The summed E-state index contributed by atoms with van der Waals surface area (Å²) in [7, 11) is 0. The van der Waals surface area contributed by atoms with E-state index in [1.165, 1.54) is 6.07 Å². The van der Waals surface area contributed by atoms with Gasteiger partial charge >= 0.3 is 0 Å². The largest absolute Gasteiger partial charge is 0.507 e. The number of nitrogens with zero attached hydrogens (tertiary/aromatic N) is 3. The average molecular weight is 340 g/mol.